The van der Waals surface area contributed by atoms with E-state index in [9.17, 15) is 15.2 Å². The van der Waals surface area contributed by atoms with Crippen LogP contribution in [0.1, 0.15) is 59.8 Å². The Labute approximate surface area is 216 Å². The highest BCUT2D eigenvalue weighted by atomic mass is 28.4. The number of ether oxygens (including phenoxy) is 1. The number of nitro groups is 1. The van der Waals surface area contributed by atoms with E-state index in [-0.39, 0.29) is 33.5 Å². The maximum atomic E-state index is 11.6. The molecule has 0 bridgehead atoms. The van der Waals surface area contributed by atoms with Gasteiger partial charge in [0.2, 0.25) is 0 Å². The summed E-state index contributed by atoms with van der Waals surface area (Å²) < 4.78 is 21.8. The van der Waals surface area contributed by atoms with Gasteiger partial charge in [0, 0.05) is 12.5 Å². The van der Waals surface area contributed by atoms with Crippen LogP contribution in [0.2, 0.25) is 36.3 Å². The molecule has 0 unspecified atom stereocenters. The molecule has 0 amide bonds. The zero-order valence-electron chi connectivity index (χ0n) is 23.4. The number of hydrogen-bond acceptors (Lipinski definition) is 7. The van der Waals surface area contributed by atoms with E-state index in [2.05, 4.69) is 72.7 Å². The topological polar surface area (TPSA) is 109 Å². The summed E-state index contributed by atoms with van der Waals surface area (Å²) in [4.78, 5) is 15.6. The van der Waals surface area contributed by atoms with E-state index in [0.717, 1.165) is 0 Å². The Balaban J connectivity index is 1.95. The summed E-state index contributed by atoms with van der Waals surface area (Å²) in [5, 5.41) is 21.3. The van der Waals surface area contributed by atoms with Crippen molar-refractivity contribution in [3.05, 3.63) is 34.1 Å². The number of aliphatic hydroxyl groups excluding tert-OH is 1. The monoisotopic (exact) mass is 537 g/mol. The van der Waals surface area contributed by atoms with Crippen LogP contribution in [0.25, 0.3) is 11.0 Å². The van der Waals surface area contributed by atoms with E-state index in [4.69, 9.17) is 13.6 Å². The van der Waals surface area contributed by atoms with Crippen LogP contribution in [0.5, 0.6) is 0 Å². The summed E-state index contributed by atoms with van der Waals surface area (Å²) in [6, 6.07) is 3.04. The summed E-state index contributed by atoms with van der Waals surface area (Å²) in [7, 11) is -4.10. The highest BCUT2D eigenvalue weighted by Gasteiger charge is 2.46. The van der Waals surface area contributed by atoms with Gasteiger partial charge in [0.1, 0.15) is 12.3 Å². The van der Waals surface area contributed by atoms with Crippen molar-refractivity contribution in [2.24, 2.45) is 0 Å². The van der Waals surface area contributed by atoms with E-state index in [1.807, 2.05) is 4.57 Å². The predicted octanol–water partition coefficient (Wildman–Crippen LogP) is 6.14. The predicted molar refractivity (Wildman–Crippen MR) is 146 cm³/mol. The second kappa shape index (κ2) is 9.92. The lowest BCUT2D eigenvalue weighted by molar-refractivity contribution is -0.385. The molecule has 3 rings (SSSR count). The molecule has 202 valence electrons. The first kappa shape index (κ1) is 28.9. The van der Waals surface area contributed by atoms with E-state index in [1.165, 1.54) is 6.07 Å². The molecule has 1 saturated heterocycles. The zero-order chi connectivity index (χ0) is 27.3. The molecule has 0 aliphatic carbocycles. The van der Waals surface area contributed by atoms with Crippen LogP contribution in [0.4, 0.5) is 5.69 Å². The van der Waals surface area contributed by atoms with Crippen LogP contribution in [-0.2, 0) is 20.2 Å². The Hall–Kier alpha value is -1.64. The van der Waals surface area contributed by atoms with Crippen molar-refractivity contribution in [2.45, 2.75) is 109 Å². The normalized spacial score (nSPS) is 21.9. The Morgan fingerprint density at radius 1 is 1.14 bits per heavy atom. The molecular weight excluding hydrogens is 494 g/mol. The van der Waals surface area contributed by atoms with Gasteiger partial charge in [-0.25, -0.2) is 4.98 Å². The van der Waals surface area contributed by atoms with E-state index in [1.54, 1.807) is 12.4 Å². The summed E-state index contributed by atoms with van der Waals surface area (Å²) in [6.45, 7) is 22.2. The molecular formula is C25H43N3O6Si2. The SMILES string of the molecule is CC(C)(C)[Si](C)(C)OC[C@H]1O[C@@H](n2cnc3cc(CO)c([N+](=O)[O-])cc32)C[C@@H]1O[Si](C)(C)C(C)(C)C. The Morgan fingerprint density at radius 2 is 1.75 bits per heavy atom. The van der Waals surface area contributed by atoms with Crippen LogP contribution in [0.15, 0.2) is 18.5 Å². The molecule has 3 atom stereocenters. The van der Waals surface area contributed by atoms with Crippen LogP contribution >= 0.6 is 0 Å². The molecule has 1 N–H and O–H groups in total. The standard InChI is InChI=1S/C25H43N3O6Si2/c1-24(2,3)35(7,8)32-15-22-21(34-36(9,10)25(4,5)6)13-23(33-22)27-16-26-18-11-17(14-29)19(28(30)31)12-20(18)27/h11-12,16,21-23,29H,13-15H2,1-10H3/t21-,22+,23+/m0/s1. The number of fused-ring (bicyclic) bond motifs is 1. The fourth-order valence-electron chi connectivity index (χ4n) is 3.84. The van der Waals surface area contributed by atoms with Gasteiger partial charge >= 0.3 is 0 Å². The fourth-order valence-corrected chi connectivity index (χ4v) is 6.21. The third-order valence-electron chi connectivity index (χ3n) is 8.30. The van der Waals surface area contributed by atoms with Gasteiger partial charge in [-0.1, -0.05) is 41.5 Å². The average molecular weight is 538 g/mol. The van der Waals surface area contributed by atoms with E-state index >= 15 is 0 Å². The van der Waals surface area contributed by atoms with Gasteiger partial charge in [0.05, 0.1) is 47.2 Å². The highest BCUT2D eigenvalue weighted by Crippen LogP contribution is 2.43. The average Bonchev–Trinajstić information content (AvgIpc) is 3.32. The number of imidazole rings is 1. The molecule has 0 spiro atoms. The van der Waals surface area contributed by atoms with Gasteiger partial charge in [0.15, 0.2) is 16.6 Å². The van der Waals surface area contributed by atoms with E-state index in [0.29, 0.717) is 24.1 Å². The Morgan fingerprint density at radius 3 is 2.28 bits per heavy atom. The molecule has 1 aliphatic heterocycles. The number of hydrogen-bond donors (Lipinski definition) is 1. The van der Waals surface area contributed by atoms with Crippen LogP contribution in [-0.4, -0.2) is 55.0 Å². The minimum absolute atomic E-state index is 0.0406. The van der Waals surface area contributed by atoms with Crippen molar-refractivity contribution in [1.29, 1.82) is 0 Å². The molecule has 1 aromatic carbocycles. The highest BCUT2D eigenvalue weighted by molar-refractivity contribution is 6.74. The van der Waals surface area contributed by atoms with Gasteiger partial charge in [-0.3, -0.25) is 10.1 Å². The summed E-state index contributed by atoms with van der Waals surface area (Å²) in [6.07, 6.45) is 1.43. The zero-order valence-corrected chi connectivity index (χ0v) is 25.4. The molecule has 11 heteroatoms. The molecule has 0 saturated carbocycles. The van der Waals surface area contributed by atoms with Crippen molar-refractivity contribution in [1.82, 2.24) is 9.55 Å². The number of aromatic nitrogens is 2. The van der Waals surface area contributed by atoms with Crippen molar-refractivity contribution in [3.8, 4) is 0 Å². The minimum Gasteiger partial charge on any atom is -0.414 e. The molecule has 1 aromatic heterocycles. The number of nitrogens with zero attached hydrogens (tertiary/aromatic N) is 3. The second-order valence-corrected chi connectivity index (χ2v) is 22.5. The van der Waals surface area contributed by atoms with E-state index < -0.39 is 34.4 Å². The summed E-state index contributed by atoms with van der Waals surface area (Å²) >= 11 is 0. The number of rotatable bonds is 8. The van der Waals surface area contributed by atoms with Crippen LogP contribution < -0.4 is 0 Å². The largest absolute Gasteiger partial charge is 0.414 e. The molecule has 2 heterocycles. The van der Waals surface area contributed by atoms with Gasteiger partial charge in [-0.05, 0) is 42.3 Å². The molecule has 0 radical (unpaired) electrons. The lowest BCUT2D eigenvalue weighted by atomic mass is 10.1. The number of aliphatic hydroxyl groups is 1. The quantitative estimate of drug-likeness (QED) is 0.245. The van der Waals surface area contributed by atoms with Crippen LogP contribution in [0.3, 0.4) is 0 Å². The second-order valence-electron chi connectivity index (χ2n) is 12.9. The molecule has 36 heavy (non-hydrogen) atoms. The first-order valence-electron chi connectivity index (χ1n) is 12.6. The van der Waals surface area contributed by atoms with Crippen molar-refractivity contribution < 1.29 is 23.6 Å². The first-order chi connectivity index (χ1) is 16.4. The van der Waals surface area contributed by atoms with Crippen molar-refractivity contribution >= 4 is 33.4 Å². The first-order valence-corrected chi connectivity index (χ1v) is 18.4. The van der Waals surface area contributed by atoms with Gasteiger partial charge < -0.3 is 23.3 Å². The number of nitro benzene ring substituents is 1. The third-order valence-corrected chi connectivity index (χ3v) is 17.3. The van der Waals surface area contributed by atoms with Gasteiger partial charge in [-0.2, -0.15) is 0 Å². The van der Waals surface area contributed by atoms with Gasteiger partial charge in [0.25, 0.3) is 5.69 Å². The summed E-state index contributed by atoms with van der Waals surface area (Å²) in [5.41, 5.74) is 1.29. The van der Waals surface area contributed by atoms with Crippen molar-refractivity contribution in [3.63, 3.8) is 0 Å². The van der Waals surface area contributed by atoms with Crippen molar-refractivity contribution in [2.75, 3.05) is 6.61 Å². The lowest BCUT2D eigenvalue weighted by Gasteiger charge is -2.40. The Kier molecular flexibility index (Phi) is 7.97. The lowest BCUT2D eigenvalue weighted by Crippen LogP contribution is -2.48. The molecule has 2 aromatic rings. The number of benzene rings is 1. The Bertz CT molecular complexity index is 1100. The molecule has 1 aliphatic rings. The smallest absolute Gasteiger partial charge is 0.277 e. The maximum Gasteiger partial charge on any atom is 0.277 e. The maximum absolute atomic E-state index is 11.6. The molecule has 1 fully saturated rings. The van der Waals surface area contributed by atoms with Gasteiger partial charge in [-0.15, -0.1) is 0 Å². The fraction of sp³-hybridized carbons (Fsp3) is 0.720. The third kappa shape index (κ3) is 5.76. The van der Waals surface area contributed by atoms with Crippen LogP contribution in [0, 0.1) is 10.1 Å². The minimum atomic E-state index is -2.09. The summed E-state index contributed by atoms with van der Waals surface area (Å²) in [5.74, 6) is 0. The molecule has 9 nitrogen and oxygen atoms in total.